The van der Waals surface area contributed by atoms with Gasteiger partial charge < -0.3 is 5.32 Å². The molecule has 3 aromatic rings. The lowest BCUT2D eigenvalue weighted by Crippen LogP contribution is -2.50. The molecule has 1 fully saturated rings. The van der Waals surface area contributed by atoms with Gasteiger partial charge in [0.05, 0.1) is 11.4 Å². The normalized spacial score (nSPS) is 19.1. The van der Waals surface area contributed by atoms with Crippen molar-refractivity contribution in [2.24, 2.45) is 0 Å². The molecule has 0 bridgehead atoms. The lowest BCUT2D eigenvalue weighted by atomic mass is 10.0. The summed E-state index contributed by atoms with van der Waals surface area (Å²) in [4.78, 5) is 41.7. The van der Waals surface area contributed by atoms with Crippen LogP contribution in [-0.2, 0) is 19.3 Å². The number of carbonyl (C=O) groups excluding carboxylic acids is 3. The minimum atomic E-state index is -1.26. The fourth-order valence-electron chi connectivity index (χ4n) is 4.47. The molecule has 0 radical (unpaired) electrons. The van der Waals surface area contributed by atoms with Crippen LogP contribution in [0.25, 0.3) is 0 Å². The number of nitrogens with one attached hydrogen (secondary N) is 1. The number of anilines is 3. The summed E-state index contributed by atoms with van der Waals surface area (Å²) >= 11 is 7.33. The highest BCUT2D eigenvalue weighted by Crippen LogP contribution is 2.55. The number of thioether (sulfide) groups is 1. The van der Waals surface area contributed by atoms with Crippen molar-refractivity contribution in [3.8, 4) is 0 Å². The van der Waals surface area contributed by atoms with E-state index in [-0.39, 0.29) is 30.0 Å². The minimum Gasteiger partial charge on any atom is -0.325 e. The van der Waals surface area contributed by atoms with Gasteiger partial charge in [-0.2, -0.15) is 0 Å². The highest BCUT2D eigenvalue weighted by Gasteiger charge is 2.61. The van der Waals surface area contributed by atoms with Gasteiger partial charge in [-0.25, -0.2) is 0 Å². The van der Waals surface area contributed by atoms with Gasteiger partial charge in [0.1, 0.15) is 6.54 Å². The van der Waals surface area contributed by atoms with Crippen molar-refractivity contribution >= 4 is 58.1 Å². The molecule has 1 spiro atoms. The maximum atomic E-state index is 14.0. The van der Waals surface area contributed by atoms with Crippen molar-refractivity contribution in [2.45, 2.75) is 18.7 Å². The van der Waals surface area contributed by atoms with Crippen molar-refractivity contribution in [2.75, 3.05) is 27.4 Å². The van der Waals surface area contributed by atoms with E-state index in [1.165, 1.54) is 21.6 Å². The number of nitrogens with zero attached hydrogens (tertiary/aromatic N) is 2. The van der Waals surface area contributed by atoms with Crippen LogP contribution in [0, 0.1) is 13.8 Å². The molecule has 0 aliphatic carbocycles. The van der Waals surface area contributed by atoms with Crippen LogP contribution in [0.2, 0.25) is 5.02 Å². The number of aryl methyl sites for hydroxylation is 2. The van der Waals surface area contributed by atoms with Crippen LogP contribution in [0.1, 0.15) is 16.7 Å². The van der Waals surface area contributed by atoms with E-state index in [1.807, 2.05) is 56.3 Å². The molecule has 2 aliphatic rings. The predicted octanol–water partition coefficient (Wildman–Crippen LogP) is 4.87. The fourth-order valence-corrected chi connectivity index (χ4v) is 5.95. The highest BCUT2D eigenvalue weighted by atomic mass is 35.5. The van der Waals surface area contributed by atoms with E-state index in [9.17, 15) is 14.4 Å². The first-order chi connectivity index (χ1) is 16.3. The number of amides is 3. The molecule has 1 N–H and O–H groups in total. The molecule has 3 aromatic carbocycles. The Kier molecular flexibility index (Phi) is 5.62. The van der Waals surface area contributed by atoms with Crippen LogP contribution >= 0.6 is 23.4 Å². The first-order valence-electron chi connectivity index (χ1n) is 10.8. The first kappa shape index (κ1) is 22.5. The Labute approximate surface area is 206 Å². The Morgan fingerprint density at radius 1 is 1.03 bits per heavy atom. The van der Waals surface area contributed by atoms with E-state index in [1.54, 1.807) is 24.3 Å². The molecule has 8 heteroatoms. The lowest BCUT2D eigenvalue weighted by molar-refractivity contribution is -0.124. The van der Waals surface area contributed by atoms with Gasteiger partial charge in [0, 0.05) is 22.0 Å². The summed E-state index contributed by atoms with van der Waals surface area (Å²) in [5.74, 6) is -0.631. The lowest BCUT2D eigenvalue weighted by Gasteiger charge is -2.33. The first-order valence-corrected chi connectivity index (χ1v) is 12.2. The third kappa shape index (κ3) is 3.56. The molecular weight excluding hydrogens is 470 g/mol. The Balaban J connectivity index is 1.50. The minimum absolute atomic E-state index is 0.158. The average Bonchev–Trinajstić information content (AvgIpc) is 3.28. The van der Waals surface area contributed by atoms with Gasteiger partial charge in [0.25, 0.3) is 5.91 Å². The number of para-hydroxylation sites is 1. The van der Waals surface area contributed by atoms with Gasteiger partial charge >= 0.3 is 0 Å². The molecule has 1 unspecified atom stereocenters. The van der Waals surface area contributed by atoms with Crippen molar-refractivity contribution in [3.05, 3.63) is 88.4 Å². The van der Waals surface area contributed by atoms with Gasteiger partial charge in [-0.05, 0) is 67.4 Å². The van der Waals surface area contributed by atoms with Crippen LogP contribution in [0.15, 0.2) is 66.7 Å². The highest BCUT2D eigenvalue weighted by molar-refractivity contribution is 8.02. The van der Waals surface area contributed by atoms with Gasteiger partial charge in [-0.3, -0.25) is 24.2 Å². The third-order valence-electron chi connectivity index (χ3n) is 6.24. The van der Waals surface area contributed by atoms with Gasteiger partial charge in [-0.15, -0.1) is 11.8 Å². The Bertz CT molecular complexity index is 1330. The van der Waals surface area contributed by atoms with Crippen LogP contribution < -0.4 is 15.1 Å². The van der Waals surface area contributed by atoms with E-state index >= 15 is 0 Å². The molecule has 1 atom stereocenters. The smallest absolute Gasteiger partial charge is 0.269 e. The van der Waals surface area contributed by atoms with Crippen molar-refractivity contribution in [1.82, 2.24) is 0 Å². The zero-order chi connectivity index (χ0) is 24.0. The molecule has 1 saturated heterocycles. The van der Waals surface area contributed by atoms with E-state index in [2.05, 4.69) is 5.32 Å². The number of rotatable bonds is 4. The number of benzene rings is 3. The molecule has 6 nitrogen and oxygen atoms in total. The van der Waals surface area contributed by atoms with Gasteiger partial charge in [-0.1, -0.05) is 35.9 Å². The Hall–Kier alpha value is -3.29. The summed E-state index contributed by atoms with van der Waals surface area (Å²) in [5, 5.41) is 3.43. The second-order valence-corrected chi connectivity index (χ2v) is 10.00. The van der Waals surface area contributed by atoms with Gasteiger partial charge in [0.2, 0.25) is 16.7 Å². The summed E-state index contributed by atoms with van der Waals surface area (Å²) < 4.78 is 0. The summed E-state index contributed by atoms with van der Waals surface area (Å²) in [5.41, 5.74) is 4.79. The van der Waals surface area contributed by atoms with Gasteiger partial charge in [0.15, 0.2) is 0 Å². The van der Waals surface area contributed by atoms with Crippen LogP contribution in [0.5, 0.6) is 0 Å². The molecule has 172 valence electrons. The number of carbonyl (C=O) groups is 3. The van der Waals surface area contributed by atoms with Crippen molar-refractivity contribution < 1.29 is 14.4 Å². The molecule has 5 rings (SSSR count). The zero-order valence-corrected chi connectivity index (χ0v) is 20.2. The van der Waals surface area contributed by atoms with Crippen LogP contribution in [0.3, 0.4) is 0 Å². The van der Waals surface area contributed by atoms with E-state index in [0.29, 0.717) is 27.6 Å². The molecule has 0 saturated carbocycles. The maximum Gasteiger partial charge on any atom is 0.269 e. The molecule has 3 amide bonds. The quantitative estimate of drug-likeness (QED) is 0.565. The second kappa shape index (κ2) is 8.49. The standard InChI is InChI=1S/C26H22ClN3O3S/c1-16-7-10-19(13-17(16)2)28-23(31)14-29-22-6-4-3-5-21(22)26(25(29)33)30(24(32)15-34-26)20-11-8-18(27)9-12-20/h3-13H,14-15H2,1-2H3,(H,28,31). The average molecular weight is 492 g/mol. The van der Waals surface area contributed by atoms with Crippen LogP contribution in [0.4, 0.5) is 17.1 Å². The summed E-state index contributed by atoms with van der Waals surface area (Å²) in [6.07, 6.45) is 0. The maximum absolute atomic E-state index is 14.0. The predicted molar refractivity (Wildman–Crippen MR) is 136 cm³/mol. The second-order valence-electron chi connectivity index (χ2n) is 8.39. The molecular formula is C26H22ClN3O3S. The molecule has 0 aromatic heterocycles. The topological polar surface area (TPSA) is 69.7 Å². The number of hydrogen-bond acceptors (Lipinski definition) is 4. The van der Waals surface area contributed by atoms with Crippen molar-refractivity contribution in [3.63, 3.8) is 0 Å². The van der Waals surface area contributed by atoms with E-state index < -0.39 is 4.87 Å². The number of halogens is 1. The van der Waals surface area contributed by atoms with Crippen LogP contribution in [-0.4, -0.2) is 30.0 Å². The summed E-state index contributed by atoms with van der Waals surface area (Å²) in [7, 11) is 0. The summed E-state index contributed by atoms with van der Waals surface area (Å²) in [6.45, 7) is 3.83. The molecule has 34 heavy (non-hydrogen) atoms. The van der Waals surface area contributed by atoms with E-state index in [0.717, 1.165) is 11.1 Å². The zero-order valence-electron chi connectivity index (χ0n) is 18.7. The Morgan fingerprint density at radius 3 is 2.50 bits per heavy atom. The van der Waals surface area contributed by atoms with E-state index in [4.69, 9.17) is 11.6 Å². The largest absolute Gasteiger partial charge is 0.325 e. The number of fused-ring (bicyclic) bond motifs is 2. The monoisotopic (exact) mass is 491 g/mol. The molecule has 2 aliphatic heterocycles. The third-order valence-corrected chi connectivity index (χ3v) is 7.88. The SMILES string of the molecule is Cc1ccc(NC(=O)CN2C(=O)C3(SCC(=O)N3c3ccc(Cl)cc3)c3ccccc32)cc1C. The summed E-state index contributed by atoms with van der Waals surface area (Å²) in [6, 6.07) is 19.9. The van der Waals surface area contributed by atoms with Crippen molar-refractivity contribution in [1.29, 1.82) is 0 Å². The number of hydrogen-bond donors (Lipinski definition) is 1. The molecule has 2 heterocycles. The Morgan fingerprint density at radius 2 is 1.76 bits per heavy atom. The fraction of sp³-hybridized carbons (Fsp3) is 0.192.